The fourth-order valence-corrected chi connectivity index (χ4v) is 3.66. The van der Waals surface area contributed by atoms with Crippen molar-refractivity contribution < 1.29 is 23.8 Å². The van der Waals surface area contributed by atoms with E-state index in [9.17, 15) is 14.7 Å². The van der Waals surface area contributed by atoms with Crippen molar-refractivity contribution in [2.24, 2.45) is 5.92 Å². The van der Waals surface area contributed by atoms with Crippen LogP contribution in [0.15, 0.2) is 51.6 Å². The Balaban J connectivity index is 2.09. The van der Waals surface area contributed by atoms with E-state index in [1.165, 1.54) is 6.26 Å². The lowest BCUT2D eigenvalue weighted by Gasteiger charge is -2.36. The SMILES string of the molecule is C#CCNC(=O)C1=C[C@@H](c2coc3ccccc3c2=O)[C@@H](CCCO)[C@@H](OCC)O1. The third kappa shape index (κ3) is 4.56. The number of hydrogen-bond donors (Lipinski definition) is 2. The van der Waals surface area contributed by atoms with Crippen LogP contribution in [0.4, 0.5) is 0 Å². The minimum Gasteiger partial charge on any atom is -0.464 e. The highest BCUT2D eigenvalue weighted by molar-refractivity contribution is 5.92. The quantitative estimate of drug-likeness (QED) is 0.647. The van der Waals surface area contributed by atoms with Gasteiger partial charge in [0.15, 0.2) is 11.2 Å². The maximum Gasteiger partial charge on any atom is 0.286 e. The largest absolute Gasteiger partial charge is 0.464 e. The van der Waals surface area contributed by atoms with E-state index in [-0.39, 0.29) is 30.3 Å². The minimum absolute atomic E-state index is 0.00633. The summed E-state index contributed by atoms with van der Waals surface area (Å²) in [6.45, 7) is 2.23. The lowest BCUT2D eigenvalue weighted by atomic mass is 9.81. The molecule has 158 valence electrons. The molecule has 30 heavy (non-hydrogen) atoms. The fourth-order valence-electron chi connectivity index (χ4n) is 3.66. The van der Waals surface area contributed by atoms with Crippen LogP contribution in [0.3, 0.4) is 0 Å². The lowest BCUT2D eigenvalue weighted by molar-refractivity contribution is -0.166. The summed E-state index contributed by atoms with van der Waals surface area (Å²) in [5, 5.41) is 12.4. The van der Waals surface area contributed by atoms with Gasteiger partial charge in [-0.1, -0.05) is 18.1 Å². The predicted molar refractivity (Wildman–Crippen MR) is 111 cm³/mol. The first-order valence-corrected chi connectivity index (χ1v) is 9.93. The third-order valence-electron chi connectivity index (χ3n) is 5.05. The van der Waals surface area contributed by atoms with Crippen LogP contribution >= 0.6 is 0 Å². The summed E-state index contributed by atoms with van der Waals surface area (Å²) in [7, 11) is 0. The van der Waals surface area contributed by atoms with Gasteiger partial charge in [-0.2, -0.15) is 0 Å². The van der Waals surface area contributed by atoms with E-state index in [0.717, 1.165) is 0 Å². The van der Waals surface area contributed by atoms with E-state index in [2.05, 4.69) is 11.2 Å². The van der Waals surface area contributed by atoms with Crippen molar-refractivity contribution in [3.63, 3.8) is 0 Å². The number of benzene rings is 1. The number of amides is 1. The summed E-state index contributed by atoms with van der Waals surface area (Å²) in [4.78, 5) is 25.7. The maximum absolute atomic E-state index is 13.2. The van der Waals surface area contributed by atoms with Gasteiger partial charge in [0, 0.05) is 30.6 Å². The van der Waals surface area contributed by atoms with Gasteiger partial charge in [-0.25, -0.2) is 0 Å². The second kappa shape index (κ2) is 10.1. The second-order valence-electron chi connectivity index (χ2n) is 6.93. The smallest absolute Gasteiger partial charge is 0.286 e. The van der Waals surface area contributed by atoms with Gasteiger partial charge in [0.25, 0.3) is 5.91 Å². The average Bonchev–Trinajstić information content (AvgIpc) is 2.77. The Kier molecular flexibility index (Phi) is 7.28. The molecule has 0 spiro atoms. The Morgan fingerprint density at radius 2 is 2.17 bits per heavy atom. The van der Waals surface area contributed by atoms with Crippen LogP contribution in [0.2, 0.25) is 0 Å². The number of aliphatic hydroxyl groups excluding tert-OH is 1. The Hall–Kier alpha value is -3.08. The number of terminal acetylenes is 1. The molecule has 7 heteroatoms. The van der Waals surface area contributed by atoms with Crippen molar-refractivity contribution in [1.29, 1.82) is 0 Å². The van der Waals surface area contributed by atoms with Crippen LogP contribution in [-0.4, -0.2) is 37.1 Å². The van der Waals surface area contributed by atoms with Crippen molar-refractivity contribution in [2.45, 2.75) is 32.0 Å². The van der Waals surface area contributed by atoms with Crippen LogP contribution < -0.4 is 10.7 Å². The lowest BCUT2D eigenvalue weighted by Crippen LogP contribution is -2.40. The maximum atomic E-state index is 13.2. The van der Waals surface area contributed by atoms with Crippen LogP contribution in [-0.2, 0) is 14.3 Å². The molecule has 2 heterocycles. The Morgan fingerprint density at radius 3 is 2.90 bits per heavy atom. The Bertz CT molecular complexity index is 1020. The number of fused-ring (bicyclic) bond motifs is 1. The highest BCUT2D eigenvalue weighted by Crippen LogP contribution is 2.38. The second-order valence-corrected chi connectivity index (χ2v) is 6.93. The van der Waals surface area contributed by atoms with E-state index < -0.39 is 18.1 Å². The molecule has 0 aliphatic carbocycles. The predicted octanol–water partition coefficient (Wildman–Crippen LogP) is 2.29. The van der Waals surface area contributed by atoms with E-state index in [0.29, 0.717) is 36.0 Å². The first-order chi connectivity index (χ1) is 14.6. The van der Waals surface area contributed by atoms with Gasteiger partial charge in [-0.15, -0.1) is 6.42 Å². The summed E-state index contributed by atoms with van der Waals surface area (Å²) in [5.41, 5.74) is 0.724. The molecular formula is C23H25NO6. The molecule has 0 saturated heterocycles. The first-order valence-electron chi connectivity index (χ1n) is 9.93. The topological polar surface area (TPSA) is 98.0 Å². The Morgan fingerprint density at radius 1 is 1.37 bits per heavy atom. The van der Waals surface area contributed by atoms with Gasteiger partial charge in [0.1, 0.15) is 5.58 Å². The molecule has 0 saturated carbocycles. The number of nitrogens with one attached hydrogen (secondary N) is 1. The zero-order valence-electron chi connectivity index (χ0n) is 16.8. The van der Waals surface area contributed by atoms with Crippen molar-refractivity contribution in [2.75, 3.05) is 19.8 Å². The highest BCUT2D eigenvalue weighted by atomic mass is 16.7. The summed E-state index contributed by atoms with van der Waals surface area (Å²) in [6.07, 6.45) is 8.55. The van der Waals surface area contributed by atoms with Gasteiger partial charge in [0.05, 0.1) is 18.2 Å². The van der Waals surface area contributed by atoms with Crippen molar-refractivity contribution in [3.8, 4) is 12.3 Å². The van der Waals surface area contributed by atoms with Crippen LogP contribution in [0.5, 0.6) is 0 Å². The van der Waals surface area contributed by atoms with Gasteiger partial charge in [-0.05, 0) is 38.0 Å². The van der Waals surface area contributed by atoms with E-state index in [1.54, 1.807) is 30.3 Å². The van der Waals surface area contributed by atoms with Gasteiger partial charge in [0.2, 0.25) is 6.29 Å². The number of hydrogen-bond acceptors (Lipinski definition) is 6. The molecule has 1 aromatic carbocycles. The number of allylic oxidation sites excluding steroid dienone is 1. The number of para-hydroxylation sites is 1. The number of carbonyl (C=O) groups excluding carboxylic acids is 1. The molecule has 1 aromatic heterocycles. The molecule has 1 aliphatic heterocycles. The van der Waals surface area contributed by atoms with Gasteiger partial charge < -0.3 is 24.3 Å². The molecule has 0 unspecified atom stereocenters. The summed E-state index contributed by atoms with van der Waals surface area (Å²) < 4.78 is 17.3. The molecule has 2 aromatic rings. The molecule has 2 N–H and O–H groups in total. The number of rotatable bonds is 8. The van der Waals surface area contributed by atoms with Crippen LogP contribution in [0.1, 0.15) is 31.2 Å². The molecule has 0 radical (unpaired) electrons. The monoisotopic (exact) mass is 411 g/mol. The molecule has 0 bridgehead atoms. The molecule has 3 atom stereocenters. The zero-order valence-corrected chi connectivity index (χ0v) is 16.8. The van der Waals surface area contributed by atoms with Crippen molar-refractivity contribution >= 4 is 16.9 Å². The fraction of sp³-hybridized carbons (Fsp3) is 0.391. The van der Waals surface area contributed by atoms with Gasteiger partial charge in [-0.3, -0.25) is 9.59 Å². The van der Waals surface area contributed by atoms with Crippen LogP contribution in [0, 0.1) is 18.3 Å². The number of aliphatic hydroxyl groups is 1. The van der Waals surface area contributed by atoms with E-state index in [1.807, 2.05) is 6.92 Å². The third-order valence-corrected chi connectivity index (χ3v) is 5.05. The highest BCUT2D eigenvalue weighted by Gasteiger charge is 2.39. The average molecular weight is 411 g/mol. The summed E-state index contributed by atoms with van der Waals surface area (Å²) >= 11 is 0. The van der Waals surface area contributed by atoms with Gasteiger partial charge >= 0.3 is 0 Å². The first kappa shape index (κ1) is 21.6. The summed E-state index contributed by atoms with van der Waals surface area (Å²) in [5.74, 6) is 1.13. The molecule has 3 rings (SSSR count). The van der Waals surface area contributed by atoms with E-state index >= 15 is 0 Å². The Labute approximate surface area is 174 Å². The molecular weight excluding hydrogens is 386 g/mol. The number of carbonyl (C=O) groups is 1. The summed E-state index contributed by atoms with van der Waals surface area (Å²) in [6, 6.07) is 7.00. The molecule has 1 amide bonds. The number of ether oxygens (including phenoxy) is 2. The van der Waals surface area contributed by atoms with E-state index in [4.69, 9.17) is 20.3 Å². The van der Waals surface area contributed by atoms with Crippen molar-refractivity contribution in [3.05, 3.63) is 58.2 Å². The minimum atomic E-state index is -0.756. The molecule has 7 nitrogen and oxygen atoms in total. The normalized spacial score (nSPS) is 20.8. The molecule has 1 aliphatic rings. The van der Waals surface area contributed by atoms with Crippen molar-refractivity contribution in [1.82, 2.24) is 5.32 Å². The molecule has 0 fully saturated rings. The standard InChI is InChI=1S/C23H25NO6/c1-3-11-24-22(27)20-13-17(15(9-7-12-25)23(30-20)28-4-2)18-14-29-19-10-6-5-8-16(19)21(18)26/h1,5-6,8,10,13-15,17,23,25H,4,7,9,11-12H2,2H3,(H,24,27)/t15-,17-,23+/m1/s1. The zero-order chi connectivity index (χ0) is 21.5. The van der Waals surface area contributed by atoms with Crippen LogP contribution in [0.25, 0.3) is 11.0 Å².